The maximum Gasteiger partial charge on any atom is 0.258 e. The molecule has 0 atom stereocenters. The van der Waals surface area contributed by atoms with Crippen LogP contribution in [0.15, 0.2) is 42.5 Å². The molecule has 0 fully saturated rings. The maximum atomic E-state index is 12.8. The highest BCUT2D eigenvalue weighted by molar-refractivity contribution is 6.33. The Morgan fingerprint density at radius 3 is 2.42 bits per heavy atom. The Morgan fingerprint density at radius 2 is 1.84 bits per heavy atom. The largest absolute Gasteiger partial charge is 0.398 e. The van der Waals surface area contributed by atoms with E-state index in [0.717, 1.165) is 0 Å². The van der Waals surface area contributed by atoms with Gasteiger partial charge in [0.15, 0.2) is 0 Å². The van der Waals surface area contributed by atoms with Gasteiger partial charge in [0.2, 0.25) is 0 Å². The second-order valence-corrected chi connectivity index (χ2v) is 4.48. The molecule has 0 heterocycles. The minimum Gasteiger partial charge on any atom is -0.398 e. The van der Waals surface area contributed by atoms with Gasteiger partial charge < -0.3 is 10.6 Å². The predicted octanol–water partition coefficient (Wildman–Crippen LogP) is 3.34. The van der Waals surface area contributed by atoms with E-state index in [4.69, 9.17) is 17.3 Å². The summed E-state index contributed by atoms with van der Waals surface area (Å²) >= 11 is 5.88. The second kappa shape index (κ2) is 5.28. The molecule has 1 amide bonds. The normalized spacial score (nSPS) is 10.3. The third-order valence-corrected chi connectivity index (χ3v) is 3.09. The standard InChI is InChI=1S/C14H12ClFN2O/c1-18(11-5-3-10(16)4-6-11)14(19)9-2-7-13(17)12(15)8-9/h2-8H,17H2,1H3. The van der Waals surface area contributed by atoms with Crippen LogP contribution in [0.1, 0.15) is 10.4 Å². The van der Waals surface area contributed by atoms with Crippen molar-refractivity contribution in [1.29, 1.82) is 0 Å². The van der Waals surface area contributed by atoms with E-state index >= 15 is 0 Å². The van der Waals surface area contributed by atoms with Crippen LogP contribution in [0.2, 0.25) is 5.02 Å². The molecular weight excluding hydrogens is 267 g/mol. The van der Waals surface area contributed by atoms with E-state index < -0.39 is 0 Å². The summed E-state index contributed by atoms with van der Waals surface area (Å²) in [7, 11) is 1.61. The van der Waals surface area contributed by atoms with Gasteiger partial charge in [-0.15, -0.1) is 0 Å². The molecule has 0 aliphatic heterocycles. The number of rotatable bonds is 2. The number of halogens is 2. The van der Waals surface area contributed by atoms with Crippen LogP contribution in [0.4, 0.5) is 15.8 Å². The fourth-order valence-electron chi connectivity index (χ4n) is 1.64. The van der Waals surface area contributed by atoms with Crippen molar-refractivity contribution in [1.82, 2.24) is 0 Å². The lowest BCUT2D eigenvalue weighted by Gasteiger charge is -2.17. The van der Waals surface area contributed by atoms with Crippen molar-refractivity contribution in [3.05, 3.63) is 58.9 Å². The van der Waals surface area contributed by atoms with Gasteiger partial charge in [-0.25, -0.2) is 4.39 Å². The van der Waals surface area contributed by atoms with Crippen LogP contribution in [0, 0.1) is 5.82 Å². The Balaban J connectivity index is 2.28. The van der Waals surface area contributed by atoms with Crippen LogP contribution in [0.25, 0.3) is 0 Å². The van der Waals surface area contributed by atoms with Crippen LogP contribution in [0.3, 0.4) is 0 Å². The molecule has 5 heteroatoms. The van der Waals surface area contributed by atoms with Crippen molar-refractivity contribution in [2.24, 2.45) is 0 Å². The first kappa shape index (κ1) is 13.4. The van der Waals surface area contributed by atoms with Crippen LogP contribution < -0.4 is 10.6 Å². The molecule has 0 saturated carbocycles. The molecule has 3 nitrogen and oxygen atoms in total. The lowest BCUT2D eigenvalue weighted by Crippen LogP contribution is -2.26. The minimum atomic E-state index is -0.347. The average molecular weight is 279 g/mol. The third kappa shape index (κ3) is 2.85. The number of carbonyl (C=O) groups excluding carboxylic acids is 1. The van der Waals surface area contributed by atoms with E-state index in [9.17, 15) is 9.18 Å². The van der Waals surface area contributed by atoms with Gasteiger partial charge >= 0.3 is 0 Å². The van der Waals surface area contributed by atoms with E-state index in [1.807, 2.05) is 0 Å². The summed E-state index contributed by atoms with van der Waals surface area (Å²) in [6, 6.07) is 10.4. The molecule has 98 valence electrons. The van der Waals surface area contributed by atoms with Gasteiger partial charge in [0.1, 0.15) is 5.82 Å². The van der Waals surface area contributed by atoms with Crippen molar-refractivity contribution in [2.45, 2.75) is 0 Å². The Morgan fingerprint density at radius 1 is 1.21 bits per heavy atom. The lowest BCUT2D eigenvalue weighted by atomic mass is 10.1. The maximum absolute atomic E-state index is 12.8. The zero-order valence-electron chi connectivity index (χ0n) is 10.2. The van der Waals surface area contributed by atoms with E-state index in [1.54, 1.807) is 19.2 Å². The highest BCUT2D eigenvalue weighted by Crippen LogP contribution is 2.22. The molecule has 2 rings (SSSR count). The van der Waals surface area contributed by atoms with Crippen LogP contribution in [-0.4, -0.2) is 13.0 Å². The van der Waals surface area contributed by atoms with Gasteiger partial charge in [0.25, 0.3) is 5.91 Å². The molecule has 0 radical (unpaired) electrons. The monoisotopic (exact) mass is 278 g/mol. The summed E-state index contributed by atoms with van der Waals surface area (Å²) < 4.78 is 12.8. The first-order valence-electron chi connectivity index (χ1n) is 5.57. The van der Waals surface area contributed by atoms with E-state index in [2.05, 4.69) is 0 Å². The van der Waals surface area contributed by atoms with Crippen LogP contribution >= 0.6 is 11.6 Å². The Bertz CT molecular complexity index is 613. The van der Waals surface area contributed by atoms with Crippen LogP contribution in [-0.2, 0) is 0 Å². The Hall–Kier alpha value is -2.07. The van der Waals surface area contributed by atoms with Crippen molar-refractivity contribution in [3.8, 4) is 0 Å². The number of nitrogens with two attached hydrogens (primary N) is 1. The van der Waals surface area contributed by atoms with E-state index in [0.29, 0.717) is 22.0 Å². The van der Waals surface area contributed by atoms with Crippen molar-refractivity contribution in [3.63, 3.8) is 0 Å². The number of carbonyl (C=O) groups is 1. The summed E-state index contributed by atoms with van der Waals surface area (Å²) in [6.45, 7) is 0. The first-order valence-corrected chi connectivity index (χ1v) is 5.95. The molecule has 0 aromatic heterocycles. The fourth-order valence-corrected chi connectivity index (χ4v) is 1.82. The highest BCUT2D eigenvalue weighted by atomic mass is 35.5. The summed E-state index contributed by atoms with van der Waals surface area (Å²) in [5.74, 6) is -0.589. The molecule has 2 aromatic carbocycles. The summed E-state index contributed by atoms with van der Waals surface area (Å²) in [6.07, 6.45) is 0. The highest BCUT2D eigenvalue weighted by Gasteiger charge is 2.14. The minimum absolute atomic E-state index is 0.242. The number of anilines is 2. The SMILES string of the molecule is CN(C(=O)c1ccc(N)c(Cl)c1)c1ccc(F)cc1. The molecule has 0 saturated heterocycles. The van der Waals surface area contributed by atoms with Crippen molar-refractivity contribution in [2.75, 3.05) is 17.7 Å². The molecule has 0 aliphatic carbocycles. The Labute approximate surface area is 115 Å². The Kier molecular flexibility index (Phi) is 3.71. The summed E-state index contributed by atoms with van der Waals surface area (Å²) in [5, 5.41) is 0.332. The zero-order chi connectivity index (χ0) is 14.0. The summed E-state index contributed by atoms with van der Waals surface area (Å²) in [4.78, 5) is 13.6. The predicted molar refractivity (Wildman–Crippen MR) is 75.0 cm³/mol. The average Bonchev–Trinajstić information content (AvgIpc) is 2.41. The summed E-state index contributed by atoms with van der Waals surface area (Å²) in [5.41, 5.74) is 7.03. The van der Waals surface area contributed by atoms with Gasteiger partial charge in [0, 0.05) is 18.3 Å². The fraction of sp³-hybridized carbons (Fsp3) is 0.0714. The first-order chi connectivity index (χ1) is 8.99. The number of hydrogen-bond acceptors (Lipinski definition) is 2. The van der Waals surface area contributed by atoms with E-state index in [-0.39, 0.29) is 11.7 Å². The number of amides is 1. The van der Waals surface area contributed by atoms with E-state index in [1.165, 1.54) is 35.2 Å². The number of nitrogen functional groups attached to an aromatic ring is 1. The molecule has 0 bridgehead atoms. The van der Waals surface area contributed by atoms with Gasteiger partial charge in [-0.05, 0) is 42.5 Å². The van der Waals surface area contributed by atoms with Gasteiger partial charge in [-0.1, -0.05) is 11.6 Å². The molecule has 0 aliphatic rings. The third-order valence-electron chi connectivity index (χ3n) is 2.77. The van der Waals surface area contributed by atoms with Gasteiger partial charge in [-0.3, -0.25) is 4.79 Å². The second-order valence-electron chi connectivity index (χ2n) is 4.08. The molecular formula is C14H12ClFN2O. The number of benzene rings is 2. The van der Waals surface area contributed by atoms with Gasteiger partial charge in [0.05, 0.1) is 10.7 Å². The van der Waals surface area contributed by atoms with Crippen LogP contribution in [0.5, 0.6) is 0 Å². The zero-order valence-corrected chi connectivity index (χ0v) is 11.0. The van der Waals surface area contributed by atoms with Gasteiger partial charge in [-0.2, -0.15) is 0 Å². The molecule has 2 aromatic rings. The van der Waals surface area contributed by atoms with Crippen molar-refractivity contribution < 1.29 is 9.18 Å². The molecule has 0 unspecified atom stereocenters. The topological polar surface area (TPSA) is 46.3 Å². The lowest BCUT2D eigenvalue weighted by molar-refractivity contribution is 0.0993. The number of nitrogens with zero attached hydrogens (tertiary/aromatic N) is 1. The molecule has 19 heavy (non-hydrogen) atoms. The molecule has 2 N–H and O–H groups in total. The molecule has 0 spiro atoms. The quantitative estimate of drug-likeness (QED) is 0.857. The smallest absolute Gasteiger partial charge is 0.258 e. The number of hydrogen-bond donors (Lipinski definition) is 1. The van der Waals surface area contributed by atoms with Crippen molar-refractivity contribution >= 4 is 28.9 Å².